The number of aryl methyl sites for hydroxylation is 1. The summed E-state index contributed by atoms with van der Waals surface area (Å²) in [6.07, 6.45) is 3.64. The molecule has 0 bridgehead atoms. The van der Waals surface area contributed by atoms with E-state index in [1.807, 2.05) is 42.6 Å². The number of halogens is 2. The predicted molar refractivity (Wildman–Crippen MR) is 100 cm³/mol. The van der Waals surface area contributed by atoms with E-state index in [9.17, 15) is 13.6 Å². The highest BCUT2D eigenvalue weighted by Gasteiger charge is 2.34. The molecule has 1 amide bonds. The topological polar surface area (TPSA) is 34.0 Å². The first-order valence-electron chi connectivity index (χ1n) is 9.09. The van der Waals surface area contributed by atoms with Gasteiger partial charge in [0.1, 0.15) is 0 Å². The minimum absolute atomic E-state index is 0.0889. The number of rotatable bonds is 3. The molecule has 0 spiro atoms. The van der Waals surface area contributed by atoms with Gasteiger partial charge in [-0.15, -0.1) is 0 Å². The van der Waals surface area contributed by atoms with E-state index in [2.05, 4.69) is 16.0 Å². The summed E-state index contributed by atoms with van der Waals surface area (Å²) < 4.78 is 28.9. The number of amides is 1. The van der Waals surface area contributed by atoms with Gasteiger partial charge in [0.05, 0.1) is 5.92 Å². The van der Waals surface area contributed by atoms with Crippen LogP contribution in [0.1, 0.15) is 30.0 Å². The van der Waals surface area contributed by atoms with E-state index in [1.165, 1.54) is 6.07 Å². The lowest BCUT2D eigenvalue weighted by atomic mass is 9.81. The molecule has 1 aliphatic rings. The molecule has 138 valence electrons. The molecule has 3 aromatic rings. The van der Waals surface area contributed by atoms with Crippen molar-refractivity contribution in [3.63, 3.8) is 0 Å². The van der Waals surface area contributed by atoms with Crippen LogP contribution in [-0.4, -0.2) is 10.5 Å². The Kier molecular flexibility index (Phi) is 4.75. The van der Waals surface area contributed by atoms with Crippen molar-refractivity contribution in [1.29, 1.82) is 0 Å². The third-order valence-corrected chi connectivity index (χ3v) is 5.18. The Labute approximate surface area is 156 Å². The van der Waals surface area contributed by atoms with Crippen LogP contribution in [0.2, 0.25) is 0 Å². The molecule has 0 saturated carbocycles. The van der Waals surface area contributed by atoms with E-state index < -0.39 is 11.6 Å². The van der Waals surface area contributed by atoms with Gasteiger partial charge in [-0.2, -0.15) is 0 Å². The van der Waals surface area contributed by atoms with E-state index in [1.54, 1.807) is 0 Å². The number of benzene rings is 2. The molecule has 0 radical (unpaired) electrons. The quantitative estimate of drug-likeness (QED) is 0.699. The summed E-state index contributed by atoms with van der Waals surface area (Å²) >= 11 is 0. The smallest absolute Gasteiger partial charge is 0.228 e. The zero-order valence-corrected chi connectivity index (χ0v) is 14.7. The summed E-state index contributed by atoms with van der Waals surface area (Å²) in [7, 11) is 0. The molecule has 0 fully saturated rings. The molecule has 0 saturated heterocycles. The molecule has 2 aromatic carbocycles. The zero-order valence-electron chi connectivity index (χ0n) is 14.7. The van der Waals surface area contributed by atoms with Crippen molar-refractivity contribution in [2.24, 2.45) is 5.92 Å². The second-order valence-electron chi connectivity index (χ2n) is 6.88. The van der Waals surface area contributed by atoms with Crippen LogP contribution in [0.5, 0.6) is 0 Å². The van der Waals surface area contributed by atoms with Crippen molar-refractivity contribution in [2.75, 3.05) is 5.32 Å². The molecule has 0 aliphatic carbocycles. The zero-order chi connectivity index (χ0) is 18.8. The van der Waals surface area contributed by atoms with Crippen molar-refractivity contribution in [2.45, 2.75) is 25.3 Å². The highest BCUT2D eigenvalue weighted by atomic mass is 19.2. The maximum atomic E-state index is 13.5. The fourth-order valence-electron chi connectivity index (χ4n) is 3.92. The van der Waals surface area contributed by atoms with Gasteiger partial charge in [0.15, 0.2) is 11.6 Å². The molecule has 1 aromatic heterocycles. The van der Waals surface area contributed by atoms with E-state index in [0.717, 1.165) is 42.8 Å². The third kappa shape index (κ3) is 3.50. The number of nitrogens with zero attached hydrogens (tertiary/aromatic N) is 1. The van der Waals surface area contributed by atoms with Gasteiger partial charge in [-0.05, 0) is 42.7 Å². The van der Waals surface area contributed by atoms with E-state index in [-0.39, 0.29) is 23.4 Å². The molecule has 3 nitrogen and oxygen atoms in total. The number of aromatic nitrogens is 1. The molecule has 5 heteroatoms. The van der Waals surface area contributed by atoms with Crippen LogP contribution in [0.25, 0.3) is 0 Å². The normalized spacial score (nSPS) is 19.2. The number of hydrogen-bond acceptors (Lipinski definition) is 1. The van der Waals surface area contributed by atoms with Gasteiger partial charge in [0.25, 0.3) is 0 Å². The first-order valence-corrected chi connectivity index (χ1v) is 9.09. The highest BCUT2D eigenvalue weighted by Crippen LogP contribution is 2.38. The summed E-state index contributed by atoms with van der Waals surface area (Å²) in [5.41, 5.74) is 2.44. The second-order valence-corrected chi connectivity index (χ2v) is 6.88. The van der Waals surface area contributed by atoms with Crippen molar-refractivity contribution in [1.82, 2.24) is 4.57 Å². The average Bonchev–Trinajstić information content (AvgIpc) is 3.05. The van der Waals surface area contributed by atoms with E-state index in [0.29, 0.717) is 0 Å². The van der Waals surface area contributed by atoms with Crippen LogP contribution in [0, 0.1) is 17.6 Å². The predicted octanol–water partition coefficient (Wildman–Crippen LogP) is 4.95. The van der Waals surface area contributed by atoms with Crippen LogP contribution < -0.4 is 5.32 Å². The molecule has 0 unspecified atom stereocenters. The van der Waals surface area contributed by atoms with Gasteiger partial charge in [-0.3, -0.25) is 4.79 Å². The van der Waals surface area contributed by atoms with E-state index in [4.69, 9.17) is 0 Å². The van der Waals surface area contributed by atoms with Gasteiger partial charge < -0.3 is 9.88 Å². The fourth-order valence-corrected chi connectivity index (χ4v) is 3.92. The minimum atomic E-state index is -0.970. The van der Waals surface area contributed by atoms with Crippen LogP contribution in [0.4, 0.5) is 14.5 Å². The first kappa shape index (κ1) is 17.5. The monoisotopic (exact) mass is 366 g/mol. The van der Waals surface area contributed by atoms with Crippen molar-refractivity contribution in [3.8, 4) is 0 Å². The number of anilines is 1. The maximum absolute atomic E-state index is 13.5. The van der Waals surface area contributed by atoms with Gasteiger partial charge in [0.2, 0.25) is 5.91 Å². The highest BCUT2D eigenvalue weighted by molar-refractivity contribution is 5.93. The SMILES string of the molecule is O=C(Nc1ccc(F)c(F)c1)[C@@H]1CCCn2cccc2[C@@H]1c1ccccc1. The van der Waals surface area contributed by atoms with Crippen LogP contribution in [0.15, 0.2) is 66.9 Å². The van der Waals surface area contributed by atoms with E-state index >= 15 is 0 Å². The number of carbonyl (C=O) groups is 1. The molecule has 2 heterocycles. The lowest BCUT2D eigenvalue weighted by Crippen LogP contribution is -2.28. The molecule has 1 aliphatic heterocycles. The Bertz CT molecular complexity index is 952. The molecule has 4 rings (SSSR count). The second kappa shape index (κ2) is 7.35. The van der Waals surface area contributed by atoms with Crippen LogP contribution in [0.3, 0.4) is 0 Å². The van der Waals surface area contributed by atoms with Gasteiger partial charge in [-0.25, -0.2) is 8.78 Å². The molecule has 1 N–H and O–H groups in total. The third-order valence-electron chi connectivity index (χ3n) is 5.18. The summed E-state index contributed by atoms with van der Waals surface area (Å²) in [4.78, 5) is 13.1. The maximum Gasteiger partial charge on any atom is 0.228 e. The van der Waals surface area contributed by atoms with Gasteiger partial charge in [0, 0.05) is 36.1 Å². The standard InChI is InChI=1S/C22H20F2N2O/c23-18-11-10-16(14-19(18)24)25-22(27)17-8-4-12-26-13-5-9-20(26)21(17)15-6-2-1-3-7-15/h1-3,5-7,9-11,13-14,17,21H,4,8,12H2,(H,25,27)/t17-,21-/m1/s1. The lowest BCUT2D eigenvalue weighted by molar-refractivity contribution is -0.120. The largest absolute Gasteiger partial charge is 0.351 e. The summed E-state index contributed by atoms with van der Waals surface area (Å²) in [5.74, 6) is -2.46. The Morgan fingerprint density at radius 3 is 2.59 bits per heavy atom. The van der Waals surface area contributed by atoms with Crippen LogP contribution in [-0.2, 0) is 11.3 Å². The van der Waals surface area contributed by atoms with Gasteiger partial charge in [-0.1, -0.05) is 30.3 Å². The summed E-state index contributed by atoms with van der Waals surface area (Å²) in [5, 5.41) is 2.78. The summed E-state index contributed by atoms with van der Waals surface area (Å²) in [6.45, 7) is 0.862. The molecule has 2 atom stereocenters. The minimum Gasteiger partial charge on any atom is -0.351 e. The van der Waals surface area contributed by atoms with Crippen LogP contribution >= 0.6 is 0 Å². The molecular formula is C22H20F2N2O. The molecule has 27 heavy (non-hydrogen) atoms. The number of hydrogen-bond donors (Lipinski definition) is 1. The summed E-state index contributed by atoms with van der Waals surface area (Å²) in [6, 6.07) is 17.4. The lowest BCUT2D eigenvalue weighted by Gasteiger charge is -2.25. The number of nitrogens with one attached hydrogen (secondary N) is 1. The van der Waals surface area contributed by atoms with Crippen molar-refractivity contribution >= 4 is 11.6 Å². The average molecular weight is 366 g/mol. The Balaban J connectivity index is 1.68. The first-order chi connectivity index (χ1) is 13.1. The Morgan fingerprint density at radius 2 is 1.81 bits per heavy atom. The van der Waals surface area contributed by atoms with Crippen molar-refractivity contribution in [3.05, 3.63) is 89.8 Å². The number of carbonyl (C=O) groups excluding carboxylic acids is 1. The number of fused-ring (bicyclic) bond motifs is 1. The van der Waals surface area contributed by atoms with Gasteiger partial charge >= 0.3 is 0 Å². The fraction of sp³-hybridized carbons (Fsp3) is 0.227. The molecular weight excluding hydrogens is 346 g/mol. The Morgan fingerprint density at radius 1 is 1.00 bits per heavy atom. The van der Waals surface area contributed by atoms with Crippen molar-refractivity contribution < 1.29 is 13.6 Å². The Hall–Kier alpha value is -2.95.